The topological polar surface area (TPSA) is 40.5 Å². The molecular weight excluding hydrogens is 202 g/mol. The summed E-state index contributed by atoms with van der Waals surface area (Å²) in [5.74, 6) is -0.727. The van der Waals surface area contributed by atoms with Crippen LogP contribution in [-0.2, 0) is 17.6 Å². The van der Waals surface area contributed by atoms with Gasteiger partial charge in [0.15, 0.2) is 0 Å². The second-order valence-electron chi connectivity index (χ2n) is 4.38. The third-order valence-corrected chi connectivity index (χ3v) is 3.12. The van der Waals surface area contributed by atoms with Crippen LogP contribution in [0.25, 0.3) is 0 Å². The van der Waals surface area contributed by atoms with Crippen molar-refractivity contribution in [2.75, 3.05) is 18.5 Å². The van der Waals surface area contributed by atoms with Crippen LogP contribution in [0.2, 0.25) is 0 Å². The predicted octanol–water partition coefficient (Wildman–Crippen LogP) is 2.09. The van der Waals surface area contributed by atoms with E-state index in [0.717, 1.165) is 18.5 Å². The molecule has 1 N–H and O–H groups in total. The molecule has 0 unspecified atom stereocenters. The van der Waals surface area contributed by atoms with Crippen molar-refractivity contribution in [3.8, 4) is 0 Å². The second-order valence-corrected chi connectivity index (χ2v) is 4.38. The first kappa shape index (κ1) is 11.0. The van der Waals surface area contributed by atoms with Crippen LogP contribution in [0, 0.1) is 0 Å². The molecule has 0 aliphatic carbocycles. The van der Waals surface area contributed by atoms with Crippen LogP contribution in [0.15, 0.2) is 18.2 Å². The summed E-state index contributed by atoms with van der Waals surface area (Å²) in [7, 11) is 2.11. The maximum atomic E-state index is 10.5. The maximum Gasteiger partial charge on any atom is 0.303 e. The number of aliphatic carboxylic acids is 1. The summed E-state index contributed by atoms with van der Waals surface area (Å²) >= 11 is 0. The summed E-state index contributed by atoms with van der Waals surface area (Å²) < 4.78 is 0. The molecule has 0 saturated carbocycles. The van der Waals surface area contributed by atoms with E-state index < -0.39 is 5.97 Å². The average molecular weight is 219 g/mol. The van der Waals surface area contributed by atoms with Gasteiger partial charge in [0.25, 0.3) is 0 Å². The van der Waals surface area contributed by atoms with Gasteiger partial charge in [0, 0.05) is 25.7 Å². The standard InChI is InChI=1S/C13H17NO2/c1-14-8-2-3-11-9-10(4-6-12(11)14)5-7-13(15)16/h4,6,9H,2-3,5,7-8H2,1H3,(H,15,16). The maximum absolute atomic E-state index is 10.5. The molecule has 0 amide bonds. The fourth-order valence-corrected chi connectivity index (χ4v) is 2.25. The van der Waals surface area contributed by atoms with Crippen LogP contribution in [0.5, 0.6) is 0 Å². The number of hydrogen-bond acceptors (Lipinski definition) is 2. The molecule has 86 valence electrons. The lowest BCUT2D eigenvalue weighted by Gasteiger charge is -2.27. The summed E-state index contributed by atoms with van der Waals surface area (Å²) in [5.41, 5.74) is 3.79. The zero-order chi connectivity index (χ0) is 11.5. The fourth-order valence-electron chi connectivity index (χ4n) is 2.25. The molecule has 0 bridgehead atoms. The van der Waals surface area contributed by atoms with Gasteiger partial charge in [-0.05, 0) is 36.5 Å². The van der Waals surface area contributed by atoms with Crippen molar-refractivity contribution in [2.45, 2.75) is 25.7 Å². The Morgan fingerprint density at radius 2 is 2.31 bits per heavy atom. The van der Waals surface area contributed by atoms with E-state index in [-0.39, 0.29) is 6.42 Å². The number of carboxylic acid groups (broad SMARTS) is 1. The number of fused-ring (bicyclic) bond motifs is 1. The molecule has 0 radical (unpaired) electrons. The molecule has 1 heterocycles. The van der Waals surface area contributed by atoms with Gasteiger partial charge < -0.3 is 10.0 Å². The Hall–Kier alpha value is -1.51. The number of benzene rings is 1. The van der Waals surface area contributed by atoms with Gasteiger partial charge in [-0.25, -0.2) is 0 Å². The van der Waals surface area contributed by atoms with Crippen molar-refractivity contribution in [3.05, 3.63) is 29.3 Å². The highest BCUT2D eigenvalue weighted by molar-refractivity contribution is 5.67. The van der Waals surface area contributed by atoms with E-state index in [0.29, 0.717) is 6.42 Å². The Balaban J connectivity index is 2.15. The lowest BCUT2D eigenvalue weighted by Crippen LogP contribution is -2.24. The van der Waals surface area contributed by atoms with E-state index in [1.165, 1.54) is 17.7 Å². The number of hydrogen-bond donors (Lipinski definition) is 1. The third-order valence-electron chi connectivity index (χ3n) is 3.12. The van der Waals surface area contributed by atoms with E-state index in [4.69, 9.17) is 5.11 Å². The van der Waals surface area contributed by atoms with Crippen LogP contribution >= 0.6 is 0 Å². The first-order valence-corrected chi connectivity index (χ1v) is 5.71. The quantitative estimate of drug-likeness (QED) is 0.846. The Morgan fingerprint density at radius 3 is 3.06 bits per heavy atom. The predicted molar refractivity (Wildman–Crippen MR) is 64.0 cm³/mol. The Kier molecular flexibility index (Phi) is 3.13. The summed E-state index contributed by atoms with van der Waals surface area (Å²) in [6, 6.07) is 6.32. The van der Waals surface area contributed by atoms with Gasteiger partial charge in [-0.1, -0.05) is 12.1 Å². The lowest BCUT2D eigenvalue weighted by molar-refractivity contribution is -0.136. The van der Waals surface area contributed by atoms with Crippen molar-refractivity contribution >= 4 is 11.7 Å². The number of carbonyl (C=O) groups is 1. The smallest absolute Gasteiger partial charge is 0.303 e. The van der Waals surface area contributed by atoms with Crippen molar-refractivity contribution in [1.82, 2.24) is 0 Å². The minimum absolute atomic E-state index is 0.217. The molecule has 1 aliphatic heterocycles. The Labute approximate surface area is 95.7 Å². The molecule has 1 aromatic carbocycles. The van der Waals surface area contributed by atoms with Gasteiger partial charge >= 0.3 is 5.97 Å². The Bertz CT molecular complexity index is 401. The van der Waals surface area contributed by atoms with E-state index in [2.05, 4.69) is 24.1 Å². The van der Waals surface area contributed by atoms with Crippen LogP contribution in [-0.4, -0.2) is 24.7 Å². The molecule has 3 nitrogen and oxygen atoms in total. The van der Waals surface area contributed by atoms with Crippen LogP contribution in [0.4, 0.5) is 5.69 Å². The first-order chi connectivity index (χ1) is 7.66. The molecule has 0 aromatic heterocycles. The average Bonchev–Trinajstić information content (AvgIpc) is 2.26. The van der Waals surface area contributed by atoms with E-state index in [1.807, 2.05) is 6.07 Å². The number of nitrogens with zero attached hydrogens (tertiary/aromatic N) is 1. The largest absolute Gasteiger partial charge is 0.481 e. The zero-order valence-electron chi connectivity index (χ0n) is 9.57. The number of aryl methyl sites for hydroxylation is 2. The van der Waals surface area contributed by atoms with E-state index in [9.17, 15) is 4.79 Å². The molecule has 1 aromatic rings. The molecule has 16 heavy (non-hydrogen) atoms. The summed E-state index contributed by atoms with van der Waals surface area (Å²) in [6.45, 7) is 1.11. The van der Waals surface area contributed by atoms with Crippen LogP contribution in [0.3, 0.4) is 0 Å². The highest BCUT2D eigenvalue weighted by Gasteiger charge is 2.13. The normalized spacial score (nSPS) is 14.7. The van der Waals surface area contributed by atoms with Gasteiger partial charge in [-0.3, -0.25) is 4.79 Å². The minimum Gasteiger partial charge on any atom is -0.481 e. The lowest BCUT2D eigenvalue weighted by atomic mass is 9.98. The van der Waals surface area contributed by atoms with Crippen molar-refractivity contribution in [2.24, 2.45) is 0 Å². The highest BCUT2D eigenvalue weighted by Crippen LogP contribution is 2.27. The zero-order valence-corrected chi connectivity index (χ0v) is 9.57. The van der Waals surface area contributed by atoms with E-state index >= 15 is 0 Å². The van der Waals surface area contributed by atoms with Gasteiger partial charge in [-0.15, -0.1) is 0 Å². The molecule has 1 aliphatic rings. The molecule has 0 atom stereocenters. The SMILES string of the molecule is CN1CCCc2cc(CCC(=O)O)ccc21. The molecule has 0 saturated heterocycles. The van der Waals surface area contributed by atoms with Crippen LogP contribution < -0.4 is 4.90 Å². The Morgan fingerprint density at radius 1 is 1.50 bits per heavy atom. The summed E-state index contributed by atoms with van der Waals surface area (Å²) in [6.07, 6.45) is 3.15. The molecular formula is C13H17NO2. The molecule has 2 rings (SSSR count). The summed E-state index contributed by atoms with van der Waals surface area (Å²) in [4.78, 5) is 12.8. The molecule has 0 spiro atoms. The number of anilines is 1. The van der Waals surface area contributed by atoms with E-state index in [1.54, 1.807) is 0 Å². The second kappa shape index (κ2) is 4.56. The summed E-state index contributed by atoms with van der Waals surface area (Å²) in [5, 5.41) is 8.65. The van der Waals surface area contributed by atoms with Gasteiger partial charge in [0.1, 0.15) is 0 Å². The van der Waals surface area contributed by atoms with Crippen molar-refractivity contribution in [1.29, 1.82) is 0 Å². The van der Waals surface area contributed by atoms with Crippen molar-refractivity contribution < 1.29 is 9.90 Å². The fraction of sp³-hybridized carbons (Fsp3) is 0.462. The highest BCUT2D eigenvalue weighted by atomic mass is 16.4. The third kappa shape index (κ3) is 2.35. The molecule has 3 heteroatoms. The minimum atomic E-state index is -0.727. The van der Waals surface area contributed by atoms with Gasteiger partial charge in [0.2, 0.25) is 0 Å². The van der Waals surface area contributed by atoms with Crippen LogP contribution in [0.1, 0.15) is 24.0 Å². The first-order valence-electron chi connectivity index (χ1n) is 5.71. The van der Waals surface area contributed by atoms with Gasteiger partial charge in [-0.2, -0.15) is 0 Å². The number of carboxylic acids is 1. The monoisotopic (exact) mass is 219 g/mol. The molecule has 0 fully saturated rings. The number of rotatable bonds is 3. The van der Waals surface area contributed by atoms with Gasteiger partial charge in [0.05, 0.1) is 0 Å². The van der Waals surface area contributed by atoms with Crippen molar-refractivity contribution in [3.63, 3.8) is 0 Å².